The third kappa shape index (κ3) is 2.13. The number of halogens is 1. The largest absolute Gasteiger partial charge is 0.399 e. The van der Waals surface area contributed by atoms with E-state index in [1.165, 1.54) is 12.1 Å². The third-order valence-electron chi connectivity index (χ3n) is 3.75. The lowest BCUT2D eigenvalue weighted by atomic mass is 9.95. The Morgan fingerprint density at radius 1 is 1.15 bits per heavy atom. The molecule has 1 aliphatic carbocycles. The highest BCUT2D eigenvalue weighted by Crippen LogP contribution is 2.49. The van der Waals surface area contributed by atoms with Crippen LogP contribution in [0.1, 0.15) is 18.4 Å². The quantitative estimate of drug-likeness (QED) is 0.842. The molecule has 3 rings (SSSR count). The smallest absolute Gasteiger partial charge is 0.235 e. The molecule has 2 aromatic rings. The zero-order valence-corrected chi connectivity index (χ0v) is 10.9. The molecule has 1 amide bonds. The number of rotatable bonds is 3. The molecule has 20 heavy (non-hydrogen) atoms. The fourth-order valence-corrected chi connectivity index (χ4v) is 2.40. The van der Waals surface area contributed by atoms with E-state index in [0.717, 1.165) is 18.4 Å². The van der Waals surface area contributed by atoms with Crippen LogP contribution in [-0.2, 0) is 10.2 Å². The highest BCUT2D eigenvalue weighted by molar-refractivity contribution is 6.01. The molecular weight excluding hydrogens is 255 g/mol. The van der Waals surface area contributed by atoms with Gasteiger partial charge in [0.1, 0.15) is 5.82 Å². The predicted octanol–water partition coefficient (Wildman–Crippen LogP) is 3.08. The van der Waals surface area contributed by atoms with E-state index in [0.29, 0.717) is 5.69 Å². The van der Waals surface area contributed by atoms with E-state index in [9.17, 15) is 9.18 Å². The maximum atomic E-state index is 13.7. The Morgan fingerprint density at radius 3 is 2.45 bits per heavy atom. The van der Waals surface area contributed by atoms with Crippen molar-refractivity contribution in [3.8, 4) is 0 Å². The van der Waals surface area contributed by atoms with E-state index in [-0.39, 0.29) is 11.6 Å². The molecule has 0 unspecified atom stereocenters. The Balaban J connectivity index is 1.83. The lowest BCUT2D eigenvalue weighted by Crippen LogP contribution is -2.28. The van der Waals surface area contributed by atoms with Crippen LogP contribution in [0.25, 0.3) is 0 Å². The van der Waals surface area contributed by atoms with E-state index in [1.54, 1.807) is 6.07 Å². The van der Waals surface area contributed by atoms with Crippen LogP contribution in [0.2, 0.25) is 0 Å². The van der Waals surface area contributed by atoms with Gasteiger partial charge in [0.2, 0.25) is 5.91 Å². The molecule has 3 nitrogen and oxygen atoms in total. The molecule has 0 saturated heterocycles. The van der Waals surface area contributed by atoms with Crippen LogP contribution in [0, 0.1) is 5.82 Å². The second-order valence-corrected chi connectivity index (χ2v) is 5.14. The van der Waals surface area contributed by atoms with Gasteiger partial charge in [-0.2, -0.15) is 0 Å². The maximum absolute atomic E-state index is 13.7. The van der Waals surface area contributed by atoms with Crippen molar-refractivity contribution >= 4 is 17.3 Å². The van der Waals surface area contributed by atoms with Crippen molar-refractivity contribution in [3.63, 3.8) is 0 Å². The summed E-state index contributed by atoms with van der Waals surface area (Å²) < 4.78 is 13.7. The van der Waals surface area contributed by atoms with Crippen LogP contribution >= 0.6 is 0 Å². The predicted molar refractivity (Wildman–Crippen MR) is 76.8 cm³/mol. The molecule has 2 aromatic carbocycles. The zero-order valence-electron chi connectivity index (χ0n) is 10.9. The summed E-state index contributed by atoms with van der Waals surface area (Å²) in [7, 11) is 0. The fraction of sp³-hybridized carbons (Fsp3) is 0.188. The van der Waals surface area contributed by atoms with Crippen molar-refractivity contribution in [1.29, 1.82) is 0 Å². The van der Waals surface area contributed by atoms with Gasteiger partial charge in [-0.05, 0) is 36.6 Å². The van der Waals surface area contributed by atoms with Crippen LogP contribution in [-0.4, -0.2) is 5.91 Å². The number of hydrogen-bond donors (Lipinski definition) is 2. The van der Waals surface area contributed by atoms with Gasteiger partial charge in [0, 0.05) is 5.69 Å². The number of nitrogens with two attached hydrogens (primary N) is 1. The monoisotopic (exact) mass is 270 g/mol. The van der Waals surface area contributed by atoms with Gasteiger partial charge in [-0.15, -0.1) is 0 Å². The molecule has 0 spiro atoms. The van der Waals surface area contributed by atoms with Crippen molar-refractivity contribution in [2.75, 3.05) is 11.1 Å². The maximum Gasteiger partial charge on any atom is 0.235 e. The van der Waals surface area contributed by atoms with Crippen LogP contribution in [0.3, 0.4) is 0 Å². The SMILES string of the molecule is Nc1ccc(NC(=O)C2(c3ccccc3)CC2)c(F)c1. The van der Waals surface area contributed by atoms with Crippen molar-refractivity contribution in [1.82, 2.24) is 0 Å². The van der Waals surface area contributed by atoms with E-state index < -0.39 is 11.2 Å². The molecule has 1 aliphatic rings. The number of amides is 1. The Bertz CT molecular complexity index is 651. The molecule has 0 heterocycles. The molecule has 1 fully saturated rings. The number of nitrogen functional groups attached to an aromatic ring is 1. The zero-order chi connectivity index (χ0) is 14.2. The van der Waals surface area contributed by atoms with Gasteiger partial charge in [-0.3, -0.25) is 4.79 Å². The van der Waals surface area contributed by atoms with Gasteiger partial charge < -0.3 is 11.1 Å². The summed E-state index contributed by atoms with van der Waals surface area (Å²) in [6, 6.07) is 13.9. The van der Waals surface area contributed by atoms with Gasteiger partial charge in [0.15, 0.2) is 0 Å². The first-order valence-electron chi connectivity index (χ1n) is 6.54. The highest BCUT2D eigenvalue weighted by Gasteiger charge is 2.51. The van der Waals surface area contributed by atoms with Crippen molar-refractivity contribution < 1.29 is 9.18 Å². The lowest BCUT2D eigenvalue weighted by Gasteiger charge is -2.16. The number of carbonyl (C=O) groups is 1. The first-order chi connectivity index (χ1) is 9.62. The second-order valence-electron chi connectivity index (χ2n) is 5.14. The van der Waals surface area contributed by atoms with E-state index in [1.807, 2.05) is 30.3 Å². The first kappa shape index (κ1) is 12.7. The van der Waals surface area contributed by atoms with Crippen molar-refractivity contribution in [3.05, 3.63) is 59.9 Å². The Kier molecular flexibility index (Phi) is 2.93. The highest BCUT2D eigenvalue weighted by atomic mass is 19.1. The van der Waals surface area contributed by atoms with E-state index in [4.69, 9.17) is 5.73 Å². The number of benzene rings is 2. The molecule has 102 valence electrons. The Hall–Kier alpha value is -2.36. The van der Waals surface area contributed by atoms with Crippen LogP contribution in [0.4, 0.5) is 15.8 Å². The molecule has 0 radical (unpaired) electrons. The Labute approximate surface area is 116 Å². The summed E-state index contributed by atoms with van der Waals surface area (Å²) in [6.45, 7) is 0. The minimum absolute atomic E-state index is 0.160. The molecule has 0 bridgehead atoms. The normalized spacial score (nSPS) is 15.7. The van der Waals surface area contributed by atoms with Gasteiger partial charge in [0.05, 0.1) is 11.1 Å². The second kappa shape index (κ2) is 4.63. The first-order valence-corrected chi connectivity index (χ1v) is 6.54. The minimum atomic E-state index is -0.512. The van der Waals surface area contributed by atoms with E-state index in [2.05, 4.69) is 5.32 Å². The topological polar surface area (TPSA) is 55.1 Å². The summed E-state index contributed by atoms with van der Waals surface area (Å²) in [5, 5.41) is 2.67. The average molecular weight is 270 g/mol. The summed E-state index contributed by atoms with van der Waals surface area (Å²) in [6.07, 6.45) is 1.58. The molecule has 3 N–H and O–H groups in total. The molecular formula is C16H15FN2O. The number of anilines is 2. The summed E-state index contributed by atoms with van der Waals surface area (Å²) in [5.41, 5.74) is 6.48. The average Bonchev–Trinajstić information content (AvgIpc) is 3.24. The molecule has 0 aliphatic heterocycles. The number of carbonyl (C=O) groups excluding carboxylic acids is 1. The molecule has 4 heteroatoms. The van der Waals surface area contributed by atoms with Crippen molar-refractivity contribution in [2.24, 2.45) is 0 Å². The Morgan fingerprint density at radius 2 is 1.85 bits per heavy atom. The number of nitrogens with one attached hydrogen (secondary N) is 1. The van der Waals surface area contributed by atoms with Gasteiger partial charge in [-0.1, -0.05) is 30.3 Å². The van der Waals surface area contributed by atoms with Gasteiger partial charge in [-0.25, -0.2) is 4.39 Å². The van der Waals surface area contributed by atoms with Crippen LogP contribution < -0.4 is 11.1 Å². The minimum Gasteiger partial charge on any atom is -0.399 e. The number of hydrogen-bond acceptors (Lipinski definition) is 2. The molecule has 1 saturated carbocycles. The molecule has 0 atom stereocenters. The van der Waals surface area contributed by atoms with Crippen LogP contribution in [0.15, 0.2) is 48.5 Å². The van der Waals surface area contributed by atoms with E-state index >= 15 is 0 Å². The van der Waals surface area contributed by atoms with Crippen LogP contribution in [0.5, 0.6) is 0 Å². The van der Waals surface area contributed by atoms with Gasteiger partial charge >= 0.3 is 0 Å². The molecule has 0 aromatic heterocycles. The van der Waals surface area contributed by atoms with Crippen molar-refractivity contribution in [2.45, 2.75) is 18.3 Å². The third-order valence-corrected chi connectivity index (χ3v) is 3.75. The standard InChI is InChI=1S/C16H15FN2O/c17-13-10-12(18)6-7-14(13)19-15(20)16(8-9-16)11-4-2-1-3-5-11/h1-7,10H,8-9,18H2,(H,19,20). The summed E-state index contributed by atoms with van der Waals surface area (Å²) in [4.78, 5) is 12.4. The fourth-order valence-electron chi connectivity index (χ4n) is 2.40. The summed E-state index contributed by atoms with van der Waals surface area (Å²) >= 11 is 0. The summed E-state index contributed by atoms with van der Waals surface area (Å²) in [5.74, 6) is -0.672. The van der Waals surface area contributed by atoms with Gasteiger partial charge in [0.25, 0.3) is 0 Å². The lowest BCUT2D eigenvalue weighted by molar-refractivity contribution is -0.118.